The molecule has 0 heterocycles. The van der Waals surface area contributed by atoms with Crippen LogP contribution in [-0.2, 0) is 36.9 Å². The minimum atomic E-state index is -0.968. The van der Waals surface area contributed by atoms with Gasteiger partial charge in [-0.05, 0) is 23.3 Å². The minimum Gasteiger partial charge on any atom is -0.431 e. The summed E-state index contributed by atoms with van der Waals surface area (Å²) in [6.07, 6.45) is -0.254. The summed E-state index contributed by atoms with van der Waals surface area (Å²) in [4.78, 5) is 22.5. The molecule has 0 radical (unpaired) electrons. The van der Waals surface area contributed by atoms with Crippen molar-refractivity contribution in [2.45, 2.75) is 25.4 Å². The molecule has 0 saturated heterocycles. The van der Waals surface area contributed by atoms with Gasteiger partial charge in [0, 0.05) is 12.1 Å². The average molecular weight is 552 g/mol. The van der Waals surface area contributed by atoms with E-state index in [9.17, 15) is 14.9 Å². The van der Waals surface area contributed by atoms with Crippen LogP contribution in [0.25, 0.3) is 0 Å². The highest BCUT2D eigenvalue weighted by atomic mass is 16.7. The van der Waals surface area contributed by atoms with Crippen LogP contribution in [-0.4, -0.2) is 56.3 Å². The molecule has 0 N–H and O–H groups in total. The van der Waals surface area contributed by atoms with E-state index in [2.05, 4.69) is 6.58 Å². The number of rotatable bonds is 18. The SMILES string of the molecule is C=CCOCC(COCC(COC(=O)Oc1ccc([N+](=O)[O-])cc1)OCc1ccccc1)OCc1ccccc1. The summed E-state index contributed by atoms with van der Waals surface area (Å²) >= 11 is 0. The molecule has 0 aromatic heterocycles. The standard InChI is InChI=1S/C30H33NO9/c1-2-17-35-20-28(37-18-24-9-5-3-6-10-24)21-36-22-29(38-19-25-11-7-4-8-12-25)23-39-30(32)40-27-15-13-26(14-16-27)31(33)34/h2-16,28-29H,1,17-23H2. The number of nitro benzene ring substituents is 1. The number of benzene rings is 3. The lowest BCUT2D eigenvalue weighted by molar-refractivity contribution is -0.384. The van der Waals surface area contributed by atoms with Gasteiger partial charge in [0.05, 0.1) is 44.6 Å². The number of nitro groups is 1. The number of nitrogens with zero attached hydrogens (tertiary/aromatic N) is 1. The molecule has 0 aliphatic carbocycles. The van der Waals surface area contributed by atoms with Crippen molar-refractivity contribution in [3.63, 3.8) is 0 Å². The Kier molecular flexibility index (Phi) is 13.3. The van der Waals surface area contributed by atoms with E-state index in [1.54, 1.807) is 6.08 Å². The molecule has 212 valence electrons. The zero-order valence-electron chi connectivity index (χ0n) is 22.1. The fourth-order valence-corrected chi connectivity index (χ4v) is 3.40. The van der Waals surface area contributed by atoms with E-state index < -0.39 is 17.2 Å². The number of hydrogen-bond donors (Lipinski definition) is 0. The first-order valence-corrected chi connectivity index (χ1v) is 12.7. The summed E-state index contributed by atoms with van der Waals surface area (Å²) in [5, 5.41) is 10.8. The zero-order valence-corrected chi connectivity index (χ0v) is 22.1. The van der Waals surface area contributed by atoms with E-state index in [-0.39, 0.29) is 44.0 Å². The Morgan fingerprint density at radius 2 is 1.30 bits per heavy atom. The normalized spacial score (nSPS) is 12.3. The zero-order chi connectivity index (χ0) is 28.4. The predicted octanol–water partition coefficient (Wildman–Crippen LogP) is 5.50. The summed E-state index contributed by atoms with van der Waals surface area (Å²) in [6.45, 7) is 5.25. The van der Waals surface area contributed by atoms with Gasteiger partial charge in [0.1, 0.15) is 24.6 Å². The molecule has 0 aliphatic rings. The molecule has 3 aromatic rings. The highest BCUT2D eigenvalue weighted by Crippen LogP contribution is 2.18. The van der Waals surface area contributed by atoms with Crippen molar-refractivity contribution >= 4 is 11.8 Å². The van der Waals surface area contributed by atoms with Gasteiger partial charge < -0.3 is 28.4 Å². The summed E-state index contributed by atoms with van der Waals surface area (Å²) in [7, 11) is 0. The fourth-order valence-electron chi connectivity index (χ4n) is 3.40. The van der Waals surface area contributed by atoms with Crippen LogP contribution in [0.2, 0.25) is 0 Å². The van der Waals surface area contributed by atoms with Gasteiger partial charge in [-0.15, -0.1) is 6.58 Å². The Morgan fingerprint density at radius 1 is 0.775 bits per heavy atom. The molecule has 0 fully saturated rings. The van der Waals surface area contributed by atoms with Crippen molar-refractivity contribution in [3.05, 3.63) is 119 Å². The number of hydrogen-bond acceptors (Lipinski definition) is 9. The monoisotopic (exact) mass is 551 g/mol. The van der Waals surface area contributed by atoms with E-state index >= 15 is 0 Å². The number of ether oxygens (including phenoxy) is 6. The smallest absolute Gasteiger partial charge is 0.431 e. The lowest BCUT2D eigenvalue weighted by atomic mass is 10.2. The minimum absolute atomic E-state index is 0.115. The first kappa shape index (κ1) is 30.5. The van der Waals surface area contributed by atoms with Gasteiger partial charge in [-0.2, -0.15) is 0 Å². The Bertz CT molecular complexity index is 1160. The molecule has 10 heteroatoms. The molecule has 0 bridgehead atoms. The first-order chi connectivity index (χ1) is 19.5. The van der Waals surface area contributed by atoms with Gasteiger partial charge in [0.15, 0.2) is 0 Å². The van der Waals surface area contributed by atoms with Crippen LogP contribution in [0.1, 0.15) is 11.1 Å². The Balaban J connectivity index is 1.52. The van der Waals surface area contributed by atoms with Gasteiger partial charge in [0.25, 0.3) is 5.69 Å². The van der Waals surface area contributed by atoms with E-state index in [1.165, 1.54) is 24.3 Å². The second-order valence-corrected chi connectivity index (χ2v) is 8.61. The van der Waals surface area contributed by atoms with E-state index in [0.717, 1.165) is 11.1 Å². The molecule has 0 saturated carbocycles. The molecule has 3 aromatic carbocycles. The summed E-state index contributed by atoms with van der Waals surface area (Å²) in [5.74, 6) is 0.117. The van der Waals surface area contributed by atoms with Gasteiger partial charge in [-0.1, -0.05) is 66.7 Å². The van der Waals surface area contributed by atoms with Crippen molar-refractivity contribution in [2.24, 2.45) is 0 Å². The molecule has 0 aliphatic heterocycles. The Hall–Kier alpha value is -4.09. The van der Waals surface area contributed by atoms with Crippen LogP contribution in [0.3, 0.4) is 0 Å². The quantitative estimate of drug-likeness (QED) is 0.0505. The van der Waals surface area contributed by atoms with Gasteiger partial charge in [-0.3, -0.25) is 10.1 Å². The number of carbonyl (C=O) groups excluding carboxylic acids is 1. The molecule has 0 spiro atoms. The third kappa shape index (κ3) is 11.7. The fraction of sp³-hybridized carbons (Fsp3) is 0.300. The van der Waals surface area contributed by atoms with Crippen molar-refractivity contribution in [3.8, 4) is 5.75 Å². The maximum atomic E-state index is 12.2. The summed E-state index contributed by atoms with van der Waals surface area (Å²) < 4.78 is 33.8. The van der Waals surface area contributed by atoms with Crippen LogP contribution < -0.4 is 4.74 Å². The summed E-state index contributed by atoms with van der Waals surface area (Å²) in [6, 6.07) is 24.4. The second kappa shape index (κ2) is 17.5. The highest BCUT2D eigenvalue weighted by Gasteiger charge is 2.18. The van der Waals surface area contributed by atoms with Crippen LogP contribution in [0.4, 0.5) is 10.5 Å². The Morgan fingerprint density at radius 3 is 1.82 bits per heavy atom. The molecular formula is C30H33NO9. The largest absolute Gasteiger partial charge is 0.513 e. The van der Waals surface area contributed by atoms with E-state index in [4.69, 9.17) is 28.4 Å². The van der Waals surface area contributed by atoms with E-state index in [0.29, 0.717) is 19.8 Å². The van der Waals surface area contributed by atoms with Crippen LogP contribution >= 0.6 is 0 Å². The van der Waals surface area contributed by atoms with Crippen molar-refractivity contribution in [1.82, 2.24) is 0 Å². The van der Waals surface area contributed by atoms with Crippen LogP contribution in [0.5, 0.6) is 5.75 Å². The van der Waals surface area contributed by atoms with Gasteiger partial charge >= 0.3 is 6.16 Å². The molecular weight excluding hydrogens is 518 g/mol. The topological polar surface area (TPSA) is 116 Å². The second-order valence-electron chi connectivity index (χ2n) is 8.61. The Labute approximate surface area is 233 Å². The summed E-state index contributed by atoms with van der Waals surface area (Å²) in [5.41, 5.74) is 1.86. The molecule has 2 atom stereocenters. The van der Waals surface area contributed by atoms with Crippen LogP contribution in [0.15, 0.2) is 97.6 Å². The molecule has 0 amide bonds. The molecule has 10 nitrogen and oxygen atoms in total. The highest BCUT2D eigenvalue weighted by molar-refractivity contribution is 5.64. The van der Waals surface area contributed by atoms with Crippen molar-refractivity contribution < 1.29 is 38.1 Å². The first-order valence-electron chi connectivity index (χ1n) is 12.7. The molecule has 2 unspecified atom stereocenters. The van der Waals surface area contributed by atoms with Crippen LogP contribution in [0, 0.1) is 10.1 Å². The average Bonchev–Trinajstić information content (AvgIpc) is 2.98. The van der Waals surface area contributed by atoms with Crippen molar-refractivity contribution in [1.29, 1.82) is 0 Å². The number of carbonyl (C=O) groups is 1. The third-order valence-corrected chi connectivity index (χ3v) is 5.44. The molecule has 3 rings (SSSR count). The predicted molar refractivity (Wildman–Crippen MR) is 147 cm³/mol. The lowest BCUT2D eigenvalue weighted by Crippen LogP contribution is -2.31. The number of non-ortho nitro benzene ring substituents is 1. The third-order valence-electron chi connectivity index (χ3n) is 5.44. The lowest BCUT2D eigenvalue weighted by Gasteiger charge is -2.21. The van der Waals surface area contributed by atoms with Crippen molar-refractivity contribution in [2.75, 3.05) is 33.0 Å². The van der Waals surface area contributed by atoms with E-state index in [1.807, 2.05) is 60.7 Å². The maximum Gasteiger partial charge on any atom is 0.513 e. The molecule has 40 heavy (non-hydrogen) atoms. The van der Waals surface area contributed by atoms with Gasteiger partial charge in [0.2, 0.25) is 0 Å². The maximum absolute atomic E-state index is 12.2. The van der Waals surface area contributed by atoms with Gasteiger partial charge in [-0.25, -0.2) is 4.79 Å².